The van der Waals surface area contributed by atoms with Crippen LogP contribution in [-0.4, -0.2) is 51.2 Å². The van der Waals surface area contributed by atoms with Gasteiger partial charge >= 0.3 is 127 Å². The van der Waals surface area contributed by atoms with Gasteiger partial charge in [0.2, 0.25) is 0 Å². The minimum atomic E-state index is -1.07. The number of carbonyl (C=O) groups is 1. The average Bonchev–Trinajstić information content (AvgIpc) is 2.45. The normalized spacial score (nSPS) is 11.8. The molecule has 0 saturated carbocycles. The second-order valence-electron chi connectivity index (χ2n) is 4.05. The monoisotopic (exact) mass is 364 g/mol. The molecule has 0 aliphatic heterocycles. The quantitative estimate of drug-likeness (QED) is 0.395. The molecule has 1 atom stereocenters. The number of ether oxygens (including phenoxy) is 2. The van der Waals surface area contributed by atoms with Crippen LogP contribution in [-0.2, 0) is 10.1 Å². The van der Waals surface area contributed by atoms with Gasteiger partial charge in [0.1, 0.15) is 0 Å². The Morgan fingerprint density at radius 3 is 2.48 bits per heavy atom. The van der Waals surface area contributed by atoms with Crippen molar-refractivity contribution < 1.29 is 24.3 Å². The van der Waals surface area contributed by atoms with E-state index in [9.17, 15) is 14.9 Å². The fraction of sp³-hybridized carbons (Fsp3) is 0.417. The summed E-state index contributed by atoms with van der Waals surface area (Å²) in [5.41, 5.74) is 5.83. The molecule has 0 bridgehead atoms. The molecule has 0 amide bonds. The summed E-state index contributed by atoms with van der Waals surface area (Å²) in [6, 6.07) is 1.91. The van der Waals surface area contributed by atoms with Gasteiger partial charge in [-0.25, -0.2) is 0 Å². The van der Waals surface area contributed by atoms with Crippen molar-refractivity contribution in [2.24, 2.45) is 5.73 Å². The Kier molecular flexibility index (Phi) is 6.41. The molecule has 8 nitrogen and oxygen atoms in total. The van der Waals surface area contributed by atoms with Gasteiger partial charge < -0.3 is 0 Å². The van der Waals surface area contributed by atoms with Gasteiger partial charge in [-0.15, -0.1) is 0 Å². The van der Waals surface area contributed by atoms with Crippen LogP contribution in [0.5, 0.6) is 11.5 Å². The summed E-state index contributed by atoms with van der Waals surface area (Å²) in [4.78, 5) is 21.2. The molecule has 1 aromatic carbocycles. The van der Waals surface area contributed by atoms with Crippen molar-refractivity contribution >= 4 is 26.6 Å². The molecular weight excluding hydrogens is 347 g/mol. The second kappa shape index (κ2) is 7.82. The van der Waals surface area contributed by atoms with E-state index in [1.165, 1.54) is 20.3 Å². The van der Waals surface area contributed by atoms with E-state index >= 15 is 0 Å². The first kappa shape index (κ1) is 17.2. The van der Waals surface area contributed by atoms with Gasteiger partial charge in [-0.1, -0.05) is 0 Å². The van der Waals surface area contributed by atoms with Crippen LogP contribution in [0.25, 0.3) is 0 Å². The molecule has 1 rings (SSSR count). The van der Waals surface area contributed by atoms with Crippen molar-refractivity contribution in [3.05, 3.63) is 27.8 Å². The molecule has 9 heteroatoms. The van der Waals surface area contributed by atoms with E-state index < -0.39 is 16.9 Å². The first-order valence-electron chi connectivity index (χ1n) is 5.86. The van der Waals surface area contributed by atoms with E-state index in [-0.39, 0.29) is 26.4 Å². The third-order valence-corrected chi connectivity index (χ3v) is 4.98. The summed E-state index contributed by atoms with van der Waals surface area (Å²) in [5, 5.41) is 20.5. The summed E-state index contributed by atoms with van der Waals surface area (Å²) < 4.78 is 10.2. The summed E-state index contributed by atoms with van der Waals surface area (Å²) in [7, 11) is 2.84. The van der Waals surface area contributed by atoms with Crippen LogP contribution in [0.2, 0.25) is 5.32 Å². The number of carboxylic acid groups (broad SMARTS) is 1. The third-order valence-electron chi connectivity index (χ3n) is 2.65. The molecule has 0 aliphatic rings. The van der Waals surface area contributed by atoms with Gasteiger partial charge in [-0.2, -0.15) is 0 Å². The van der Waals surface area contributed by atoms with Gasteiger partial charge in [-0.05, 0) is 0 Å². The van der Waals surface area contributed by atoms with Gasteiger partial charge in [0, 0.05) is 0 Å². The minimum absolute atomic E-state index is 0.0709. The van der Waals surface area contributed by atoms with Crippen LogP contribution in [0.3, 0.4) is 0 Å². The molecule has 0 spiro atoms. The Hall–Kier alpha value is -1.83. The van der Waals surface area contributed by atoms with Crippen LogP contribution < -0.4 is 15.2 Å². The molecule has 1 aromatic rings. The predicted octanol–water partition coefficient (Wildman–Crippen LogP) is 0.646. The van der Waals surface area contributed by atoms with E-state index in [4.69, 9.17) is 20.3 Å². The third kappa shape index (κ3) is 4.59. The predicted molar refractivity (Wildman–Crippen MR) is 76.1 cm³/mol. The standard InChI is InChI=1S/C12H16N2O6Se/c1-19-10-3-7(5-21-6-8(13)12(15)16)9(14(17)18)4-11(10)20-2/h3-4,8H,5-6,13H2,1-2H3,(H,15,16). The van der Waals surface area contributed by atoms with Gasteiger partial charge in [0.05, 0.1) is 0 Å². The summed E-state index contributed by atoms with van der Waals surface area (Å²) in [6.45, 7) is 0. The SMILES string of the molecule is COc1cc(C[Se]CC(N)C(=O)O)c([N+](=O)[O-])cc1OC. The maximum atomic E-state index is 11.1. The molecule has 0 saturated heterocycles. The van der Waals surface area contributed by atoms with Crippen molar-refractivity contribution in [2.75, 3.05) is 14.2 Å². The van der Waals surface area contributed by atoms with Crippen molar-refractivity contribution in [1.82, 2.24) is 0 Å². The van der Waals surface area contributed by atoms with Gasteiger partial charge in [0.25, 0.3) is 0 Å². The number of nitro groups is 1. The molecule has 0 aliphatic carbocycles. The number of nitro benzene ring substituents is 1. The number of nitrogens with two attached hydrogens (primary N) is 1. The topological polar surface area (TPSA) is 125 Å². The number of nitrogens with zero attached hydrogens (tertiary/aromatic N) is 1. The second-order valence-corrected chi connectivity index (χ2v) is 6.21. The van der Waals surface area contributed by atoms with Crippen molar-refractivity contribution in [1.29, 1.82) is 0 Å². The Balaban J connectivity index is 2.94. The first-order chi connectivity index (χ1) is 9.90. The molecule has 1 unspecified atom stereocenters. The zero-order chi connectivity index (χ0) is 16.0. The number of aliphatic carboxylic acids is 1. The zero-order valence-electron chi connectivity index (χ0n) is 11.6. The van der Waals surface area contributed by atoms with Crippen LogP contribution in [0, 0.1) is 10.1 Å². The molecule has 21 heavy (non-hydrogen) atoms. The fourth-order valence-corrected chi connectivity index (χ4v) is 3.59. The van der Waals surface area contributed by atoms with Crippen molar-refractivity contribution in [2.45, 2.75) is 16.7 Å². The first-order valence-corrected chi connectivity index (χ1v) is 8.28. The summed E-state index contributed by atoms with van der Waals surface area (Å²) in [5.74, 6) is -0.391. The van der Waals surface area contributed by atoms with E-state index in [0.29, 0.717) is 22.0 Å². The molecule has 0 fully saturated rings. The summed E-state index contributed by atoms with van der Waals surface area (Å²) in [6.07, 6.45) is 0. The van der Waals surface area contributed by atoms with E-state index in [2.05, 4.69) is 0 Å². The van der Waals surface area contributed by atoms with Crippen LogP contribution in [0.1, 0.15) is 5.56 Å². The van der Waals surface area contributed by atoms with Crippen LogP contribution in [0.4, 0.5) is 5.69 Å². The fourth-order valence-electron chi connectivity index (χ4n) is 1.56. The number of carboxylic acids is 1. The maximum absolute atomic E-state index is 11.1. The molecule has 3 N–H and O–H groups in total. The van der Waals surface area contributed by atoms with Crippen LogP contribution in [0.15, 0.2) is 12.1 Å². The Morgan fingerprint density at radius 1 is 1.43 bits per heavy atom. The molecule has 0 aromatic heterocycles. The Labute approximate surface area is 127 Å². The van der Waals surface area contributed by atoms with Crippen LogP contribution >= 0.6 is 0 Å². The van der Waals surface area contributed by atoms with E-state index in [1.54, 1.807) is 6.07 Å². The van der Waals surface area contributed by atoms with E-state index in [1.807, 2.05) is 0 Å². The molecule has 116 valence electrons. The zero-order valence-corrected chi connectivity index (χ0v) is 13.3. The Bertz CT molecular complexity index is 537. The number of methoxy groups -OCH3 is 2. The number of rotatable bonds is 8. The molecular formula is C12H16N2O6Se. The molecule has 0 radical (unpaired) electrons. The van der Waals surface area contributed by atoms with Gasteiger partial charge in [0.15, 0.2) is 0 Å². The Morgan fingerprint density at radius 2 is 2.00 bits per heavy atom. The van der Waals surface area contributed by atoms with Crippen molar-refractivity contribution in [3.8, 4) is 11.5 Å². The van der Waals surface area contributed by atoms with Crippen molar-refractivity contribution in [3.63, 3.8) is 0 Å². The summed E-state index contributed by atoms with van der Waals surface area (Å²) >= 11 is -0.165. The average molecular weight is 363 g/mol. The van der Waals surface area contributed by atoms with E-state index in [0.717, 1.165) is 0 Å². The molecule has 0 heterocycles. The number of hydrogen-bond acceptors (Lipinski definition) is 6. The number of benzene rings is 1. The van der Waals surface area contributed by atoms with Gasteiger partial charge in [-0.3, -0.25) is 0 Å². The number of hydrogen-bond donors (Lipinski definition) is 2.